The van der Waals surface area contributed by atoms with Gasteiger partial charge in [-0.25, -0.2) is 14.1 Å². The highest BCUT2D eigenvalue weighted by molar-refractivity contribution is 6.31. The van der Waals surface area contributed by atoms with Crippen LogP contribution in [0.2, 0.25) is 5.02 Å². The highest BCUT2D eigenvalue weighted by Crippen LogP contribution is 2.28. The van der Waals surface area contributed by atoms with Gasteiger partial charge >= 0.3 is 0 Å². The van der Waals surface area contributed by atoms with E-state index in [-0.39, 0.29) is 16.4 Å². The first-order valence-corrected chi connectivity index (χ1v) is 4.46. The number of hydrogen-bond acceptors (Lipinski definition) is 4. The smallest absolute Gasteiger partial charge is 0.258 e. The van der Waals surface area contributed by atoms with E-state index in [2.05, 4.69) is 10.1 Å². The SMILES string of the molecule is O=[N+]([O-])c1cc(Cl)c(F)cc1-n1cncn1. The van der Waals surface area contributed by atoms with Crippen molar-refractivity contribution in [2.75, 3.05) is 0 Å². The van der Waals surface area contributed by atoms with Crippen LogP contribution in [0.3, 0.4) is 0 Å². The Balaban J connectivity index is 2.68. The van der Waals surface area contributed by atoms with Crippen LogP contribution < -0.4 is 0 Å². The molecule has 0 spiro atoms. The van der Waals surface area contributed by atoms with Gasteiger partial charge in [-0.3, -0.25) is 10.1 Å². The van der Waals surface area contributed by atoms with E-state index in [0.717, 1.165) is 16.8 Å². The molecule has 0 aliphatic heterocycles. The van der Waals surface area contributed by atoms with Gasteiger partial charge in [-0.05, 0) is 0 Å². The van der Waals surface area contributed by atoms with E-state index in [1.807, 2.05) is 0 Å². The normalized spacial score (nSPS) is 10.4. The molecule has 1 aromatic heterocycles. The summed E-state index contributed by atoms with van der Waals surface area (Å²) in [6.07, 6.45) is 2.42. The minimum atomic E-state index is -0.752. The maximum absolute atomic E-state index is 13.2. The monoisotopic (exact) mass is 242 g/mol. The van der Waals surface area contributed by atoms with Crippen molar-refractivity contribution < 1.29 is 9.31 Å². The lowest BCUT2D eigenvalue weighted by Gasteiger charge is -2.03. The third kappa shape index (κ3) is 1.72. The van der Waals surface area contributed by atoms with E-state index in [0.29, 0.717) is 0 Å². The van der Waals surface area contributed by atoms with E-state index in [9.17, 15) is 14.5 Å². The molecule has 0 amide bonds. The summed E-state index contributed by atoms with van der Waals surface area (Å²) in [6.45, 7) is 0. The first-order valence-electron chi connectivity index (χ1n) is 4.08. The van der Waals surface area contributed by atoms with Gasteiger partial charge in [0.1, 0.15) is 24.2 Å². The Morgan fingerprint density at radius 3 is 2.81 bits per heavy atom. The summed E-state index contributed by atoms with van der Waals surface area (Å²) in [7, 11) is 0. The van der Waals surface area contributed by atoms with Crippen LogP contribution in [-0.2, 0) is 0 Å². The second-order valence-corrected chi connectivity index (χ2v) is 3.26. The van der Waals surface area contributed by atoms with Gasteiger partial charge in [0.05, 0.1) is 9.95 Å². The van der Waals surface area contributed by atoms with Gasteiger partial charge in [0.15, 0.2) is 0 Å². The van der Waals surface area contributed by atoms with Crippen molar-refractivity contribution in [3.63, 3.8) is 0 Å². The Morgan fingerprint density at radius 1 is 1.50 bits per heavy atom. The molecule has 2 aromatic rings. The van der Waals surface area contributed by atoms with Gasteiger partial charge in [0.2, 0.25) is 0 Å². The summed E-state index contributed by atoms with van der Waals surface area (Å²) in [5.41, 5.74) is -0.360. The lowest BCUT2D eigenvalue weighted by molar-refractivity contribution is -0.384. The van der Waals surface area contributed by atoms with Crippen LogP contribution >= 0.6 is 11.6 Å². The van der Waals surface area contributed by atoms with Crippen molar-refractivity contribution in [2.45, 2.75) is 0 Å². The van der Waals surface area contributed by atoms with Crippen molar-refractivity contribution >= 4 is 17.3 Å². The predicted molar refractivity (Wildman–Crippen MR) is 53.0 cm³/mol. The molecule has 6 nitrogen and oxygen atoms in total. The van der Waals surface area contributed by atoms with Gasteiger partial charge in [0.25, 0.3) is 5.69 Å². The number of nitro benzene ring substituents is 1. The number of nitrogens with zero attached hydrogens (tertiary/aromatic N) is 4. The zero-order valence-corrected chi connectivity index (χ0v) is 8.43. The van der Waals surface area contributed by atoms with E-state index in [1.54, 1.807) is 0 Å². The summed E-state index contributed by atoms with van der Waals surface area (Å²) in [5, 5.41) is 14.1. The first kappa shape index (κ1) is 10.5. The van der Waals surface area contributed by atoms with Gasteiger partial charge < -0.3 is 0 Å². The van der Waals surface area contributed by atoms with Crippen molar-refractivity contribution in [3.05, 3.63) is 45.7 Å². The molecule has 8 heteroatoms. The Bertz CT molecular complexity index is 543. The highest BCUT2D eigenvalue weighted by atomic mass is 35.5. The molecule has 0 aliphatic rings. The maximum atomic E-state index is 13.2. The molecule has 0 unspecified atom stereocenters. The minimum absolute atomic E-state index is 0.0237. The van der Waals surface area contributed by atoms with E-state index < -0.39 is 10.7 Å². The molecule has 0 saturated carbocycles. The fraction of sp³-hybridized carbons (Fsp3) is 0. The van der Waals surface area contributed by atoms with E-state index >= 15 is 0 Å². The van der Waals surface area contributed by atoms with E-state index in [4.69, 9.17) is 11.6 Å². The van der Waals surface area contributed by atoms with Crippen molar-refractivity contribution in [1.29, 1.82) is 0 Å². The molecule has 0 radical (unpaired) electrons. The lowest BCUT2D eigenvalue weighted by atomic mass is 10.2. The number of hydrogen-bond donors (Lipinski definition) is 0. The third-order valence-electron chi connectivity index (χ3n) is 1.88. The first-order chi connectivity index (χ1) is 7.59. The molecule has 1 aromatic carbocycles. The molecule has 0 aliphatic carbocycles. The lowest BCUT2D eigenvalue weighted by Crippen LogP contribution is -2.01. The molecular formula is C8H4ClFN4O2. The number of halogens is 2. The Hall–Kier alpha value is -2.02. The van der Waals surface area contributed by atoms with Gasteiger partial charge in [0, 0.05) is 12.1 Å². The van der Waals surface area contributed by atoms with Crippen molar-refractivity contribution in [2.24, 2.45) is 0 Å². The minimum Gasteiger partial charge on any atom is -0.258 e. The quantitative estimate of drug-likeness (QED) is 0.596. The average molecular weight is 243 g/mol. The largest absolute Gasteiger partial charge is 0.296 e. The summed E-state index contributed by atoms with van der Waals surface area (Å²) in [5.74, 6) is -0.752. The van der Waals surface area contributed by atoms with Gasteiger partial charge in [-0.15, -0.1) is 0 Å². The predicted octanol–water partition coefficient (Wildman–Crippen LogP) is 1.97. The molecule has 1 heterocycles. The second-order valence-electron chi connectivity index (χ2n) is 2.85. The second kappa shape index (κ2) is 3.86. The molecule has 82 valence electrons. The van der Waals surface area contributed by atoms with Crippen LogP contribution in [0.1, 0.15) is 0 Å². The zero-order valence-electron chi connectivity index (χ0n) is 7.67. The van der Waals surface area contributed by atoms with Crippen LogP contribution in [0.15, 0.2) is 24.8 Å². The van der Waals surface area contributed by atoms with Gasteiger partial charge in [-0.1, -0.05) is 11.6 Å². The Kier molecular flexibility index (Phi) is 2.53. The van der Waals surface area contributed by atoms with Gasteiger partial charge in [-0.2, -0.15) is 5.10 Å². The fourth-order valence-electron chi connectivity index (χ4n) is 1.19. The summed E-state index contributed by atoms with van der Waals surface area (Å²) in [4.78, 5) is 13.7. The molecular weight excluding hydrogens is 239 g/mol. The Morgan fingerprint density at radius 2 is 2.25 bits per heavy atom. The molecule has 0 fully saturated rings. The third-order valence-corrected chi connectivity index (χ3v) is 2.17. The standard InChI is InChI=1S/C8H4ClFN4O2/c9-5-1-8(14(15)16)7(2-6(5)10)13-4-11-3-12-13/h1-4H. The van der Waals surface area contributed by atoms with Crippen LogP contribution in [0, 0.1) is 15.9 Å². The van der Waals surface area contributed by atoms with E-state index in [1.165, 1.54) is 12.7 Å². The molecule has 0 bridgehead atoms. The van der Waals surface area contributed by atoms with Crippen LogP contribution in [-0.4, -0.2) is 19.7 Å². The number of aromatic nitrogens is 3. The molecule has 0 saturated heterocycles. The number of benzene rings is 1. The number of rotatable bonds is 2. The molecule has 0 N–H and O–H groups in total. The highest BCUT2D eigenvalue weighted by Gasteiger charge is 2.19. The van der Waals surface area contributed by atoms with Crippen LogP contribution in [0.5, 0.6) is 0 Å². The van der Waals surface area contributed by atoms with Crippen molar-refractivity contribution in [1.82, 2.24) is 14.8 Å². The van der Waals surface area contributed by atoms with Crippen LogP contribution in [0.25, 0.3) is 5.69 Å². The summed E-state index contributed by atoms with van der Waals surface area (Å²) >= 11 is 5.47. The molecule has 2 rings (SSSR count). The molecule has 16 heavy (non-hydrogen) atoms. The number of nitro groups is 1. The fourth-order valence-corrected chi connectivity index (χ4v) is 1.35. The molecule has 0 atom stereocenters. The zero-order chi connectivity index (χ0) is 11.7. The van der Waals surface area contributed by atoms with Crippen LogP contribution in [0.4, 0.5) is 10.1 Å². The Labute approximate surface area is 93.4 Å². The maximum Gasteiger partial charge on any atom is 0.296 e. The summed E-state index contributed by atoms with van der Waals surface area (Å²) < 4.78 is 14.3. The summed E-state index contributed by atoms with van der Waals surface area (Å²) in [6, 6.07) is 1.88. The average Bonchev–Trinajstić information content (AvgIpc) is 2.74. The topological polar surface area (TPSA) is 73.8 Å². The van der Waals surface area contributed by atoms with Crippen molar-refractivity contribution in [3.8, 4) is 5.69 Å².